The second-order valence-electron chi connectivity index (χ2n) is 9.54. The molecule has 3 amide bonds. The average molecular weight is 492 g/mol. The van der Waals surface area contributed by atoms with Crippen molar-refractivity contribution in [3.8, 4) is 12.5 Å². The van der Waals surface area contributed by atoms with Crippen molar-refractivity contribution in [3.05, 3.63) is 71.8 Å². The van der Waals surface area contributed by atoms with Gasteiger partial charge in [0.05, 0.1) is 0 Å². The normalized spacial score (nSPS) is 12.5. The lowest BCUT2D eigenvalue weighted by atomic mass is 10.0. The quantitative estimate of drug-likeness (QED) is 0.273. The maximum atomic E-state index is 13.8. The summed E-state index contributed by atoms with van der Waals surface area (Å²) in [5, 5.41) is 5.57. The number of benzene rings is 2. The smallest absolute Gasteiger partial charge is 0.408 e. The van der Waals surface area contributed by atoms with Gasteiger partial charge in [0.15, 0.2) is 0 Å². The van der Waals surface area contributed by atoms with Gasteiger partial charge in [0.2, 0.25) is 5.91 Å². The first-order valence-corrected chi connectivity index (χ1v) is 12.3. The molecule has 2 aromatic rings. The molecule has 0 saturated carbocycles. The molecule has 192 valence electrons. The summed E-state index contributed by atoms with van der Waals surface area (Å²) in [6.07, 6.45) is 8.08. The van der Waals surface area contributed by atoms with Crippen LogP contribution in [0.5, 0.6) is 0 Å². The lowest BCUT2D eigenvalue weighted by Gasteiger charge is -2.30. The Morgan fingerprint density at radius 3 is 2.17 bits per heavy atom. The molecule has 36 heavy (non-hydrogen) atoms. The Morgan fingerprint density at radius 1 is 1.00 bits per heavy atom. The summed E-state index contributed by atoms with van der Waals surface area (Å²) in [5.41, 5.74) is 0.651. The molecule has 0 heterocycles. The molecule has 0 aliphatic heterocycles. The van der Waals surface area contributed by atoms with Crippen LogP contribution in [0.3, 0.4) is 0 Å². The van der Waals surface area contributed by atoms with Crippen LogP contribution in [-0.2, 0) is 20.7 Å². The van der Waals surface area contributed by atoms with Crippen molar-refractivity contribution in [3.63, 3.8) is 0 Å². The highest BCUT2D eigenvalue weighted by molar-refractivity contribution is 5.93. The lowest BCUT2D eigenvalue weighted by molar-refractivity contribution is -0.138. The third-order valence-electron chi connectivity index (χ3n) is 5.35. The van der Waals surface area contributed by atoms with E-state index in [1.165, 1.54) is 0 Å². The summed E-state index contributed by atoms with van der Waals surface area (Å²) in [7, 11) is 0. The van der Waals surface area contributed by atoms with Gasteiger partial charge in [-0.05, 0) is 38.3 Å². The maximum Gasteiger partial charge on any atom is 0.408 e. The fraction of sp³-hybridized carbons (Fsp3) is 0.414. The molecule has 0 aliphatic carbocycles. The third-order valence-corrected chi connectivity index (χ3v) is 5.35. The number of nitrogens with zero attached hydrogens (tertiary/aromatic N) is 1. The van der Waals surface area contributed by atoms with E-state index in [-0.39, 0.29) is 12.3 Å². The summed E-state index contributed by atoms with van der Waals surface area (Å²) in [6.45, 7) is 7.78. The molecule has 7 nitrogen and oxygen atoms in total. The van der Waals surface area contributed by atoms with E-state index in [2.05, 4.69) is 23.6 Å². The zero-order valence-corrected chi connectivity index (χ0v) is 21.6. The van der Waals surface area contributed by atoms with E-state index in [0.29, 0.717) is 12.1 Å². The summed E-state index contributed by atoms with van der Waals surface area (Å²) in [6, 6.07) is 18.5. The summed E-state index contributed by atoms with van der Waals surface area (Å²) in [5.74, 6) is -0.955. The first kappa shape index (κ1) is 28.4. The van der Waals surface area contributed by atoms with Gasteiger partial charge < -0.3 is 15.4 Å². The van der Waals surface area contributed by atoms with Crippen LogP contribution in [0, 0.1) is 12.5 Å². The van der Waals surface area contributed by atoms with E-state index in [0.717, 1.165) is 29.7 Å². The van der Waals surface area contributed by atoms with Crippen LogP contribution in [0.2, 0.25) is 0 Å². The first-order valence-electron chi connectivity index (χ1n) is 12.3. The van der Waals surface area contributed by atoms with Gasteiger partial charge in [-0.25, -0.2) is 4.79 Å². The van der Waals surface area contributed by atoms with Gasteiger partial charge in [0.25, 0.3) is 5.91 Å². The molecule has 0 spiro atoms. The van der Waals surface area contributed by atoms with Crippen molar-refractivity contribution in [1.29, 1.82) is 0 Å². The molecule has 2 atom stereocenters. The highest BCUT2D eigenvalue weighted by Gasteiger charge is 2.35. The number of terminal acetylenes is 1. The minimum atomic E-state index is -1.05. The molecule has 2 rings (SSSR count). The van der Waals surface area contributed by atoms with Crippen molar-refractivity contribution in [1.82, 2.24) is 15.5 Å². The standard InChI is InChI=1S/C29H37N3O4/c1-6-8-15-20-30-26(33)25(23-18-13-10-14-19-23)32(7-2)27(34)24(21-22-16-11-9-12-17-22)31-28(35)36-29(3,4)5/h2,9-14,16-19,24-25H,6,8,15,20-21H2,1,3-5H3,(H,30,33)(H,31,35). The van der Waals surface area contributed by atoms with Gasteiger partial charge in [0.1, 0.15) is 17.7 Å². The topological polar surface area (TPSA) is 87.7 Å². The molecule has 0 bridgehead atoms. The Balaban J connectivity index is 2.37. The van der Waals surface area contributed by atoms with E-state index in [9.17, 15) is 14.4 Å². The number of unbranched alkanes of at least 4 members (excludes halogenated alkanes) is 2. The molecule has 2 unspecified atom stereocenters. The molecule has 2 aromatic carbocycles. The van der Waals surface area contributed by atoms with Crippen LogP contribution >= 0.6 is 0 Å². The molecule has 0 aromatic heterocycles. The first-order chi connectivity index (χ1) is 17.2. The van der Waals surface area contributed by atoms with Crippen LogP contribution in [-0.4, -0.2) is 41.0 Å². The van der Waals surface area contributed by atoms with Crippen LogP contribution in [0.15, 0.2) is 60.7 Å². The monoisotopic (exact) mass is 491 g/mol. The van der Waals surface area contributed by atoms with E-state index < -0.39 is 29.7 Å². The molecule has 0 fully saturated rings. The molecule has 0 radical (unpaired) electrons. The Labute approximate surface area is 214 Å². The van der Waals surface area contributed by atoms with E-state index in [1.807, 2.05) is 36.4 Å². The predicted molar refractivity (Wildman–Crippen MR) is 141 cm³/mol. The number of carbonyl (C=O) groups is 3. The van der Waals surface area contributed by atoms with Crippen LogP contribution < -0.4 is 10.6 Å². The number of carbonyl (C=O) groups excluding carboxylic acids is 3. The third kappa shape index (κ3) is 9.10. The zero-order valence-electron chi connectivity index (χ0n) is 21.6. The minimum Gasteiger partial charge on any atom is -0.444 e. The Hall–Kier alpha value is -3.79. The molecule has 7 heteroatoms. The number of alkyl carbamates (subject to hydrolysis) is 1. The number of amides is 3. The second-order valence-corrected chi connectivity index (χ2v) is 9.54. The van der Waals surface area contributed by atoms with Crippen molar-refractivity contribution < 1.29 is 19.1 Å². The molecule has 0 saturated heterocycles. The van der Waals surface area contributed by atoms with Gasteiger partial charge >= 0.3 is 6.09 Å². The highest BCUT2D eigenvalue weighted by Crippen LogP contribution is 2.22. The SMILES string of the molecule is C#CN(C(=O)C(Cc1ccccc1)NC(=O)OC(C)(C)C)C(C(=O)NCCCCC)c1ccccc1. The largest absolute Gasteiger partial charge is 0.444 e. The van der Waals surface area contributed by atoms with Crippen LogP contribution in [0.1, 0.15) is 64.1 Å². The number of hydrogen-bond donors (Lipinski definition) is 2. The van der Waals surface area contributed by atoms with Crippen LogP contribution in [0.4, 0.5) is 4.79 Å². The van der Waals surface area contributed by atoms with E-state index in [4.69, 9.17) is 11.2 Å². The highest BCUT2D eigenvalue weighted by atomic mass is 16.6. The van der Waals surface area contributed by atoms with Gasteiger partial charge in [-0.3, -0.25) is 14.5 Å². The van der Waals surface area contributed by atoms with Crippen molar-refractivity contribution in [2.75, 3.05) is 6.54 Å². The number of nitrogens with one attached hydrogen (secondary N) is 2. The Bertz CT molecular complexity index is 1030. The molecular weight excluding hydrogens is 454 g/mol. The number of rotatable bonds is 11. The fourth-order valence-corrected chi connectivity index (χ4v) is 3.67. The summed E-state index contributed by atoms with van der Waals surface area (Å²) < 4.78 is 5.39. The number of ether oxygens (including phenoxy) is 1. The van der Waals surface area contributed by atoms with E-state index in [1.54, 1.807) is 45.0 Å². The van der Waals surface area contributed by atoms with Crippen LogP contribution in [0.25, 0.3) is 0 Å². The van der Waals surface area contributed by atoms with Gasteiger partial charge in [0, 0.05) is 19.0 Å². The van der Waals surface area contributed by atoms with Crippen molar-refractivity contribution in [2.45, 2.75) is 71.1 Å². The molecule has 2 N–H and O–H groups in total. The second kappa shape index (κ2) is 13.9. The van der Waals surface area contributed by atoms with Crippen molar-refractivity contribution in [2.24, 2.45) is 0 Å². The predicted octanol–water partition coefficient (Wildman–Crippen LogP) is 4.59. The van der Waals surface area contributed by atoms with Gasteiger partial charge in [-0.15, -0.1) is 0 Å². The lowest BCUT2D eigenvalue weighted by Crippen LogP contribution is -2.52. The maximum absolute atomic E-state index is 13.8. The Kier molecular flexibility index (Phi) is 11.0. The average Bonchev–Trinajstić information content (AvgIpc) is 2.84. The summed E-state index contributed by atoms with van der Waals surface area (Å²) >= 11 is 0. The Morgan fingerprint density at radius 2 is 1.61 bits per heavy atom. The van der Waals surface area contributed by atoms with Crippen molar-refractivity contribution >= 4 is 17.9 Å². The minimum absolute atomic E-state index is 0.177. The van der Waals surface area contributed by atoms with Gasteiger partial charge in [-0.1, -0.05) is 86.9 Å². The fourth-order valence-electron chi connectivity index (χ4n) is 3.67. The zero-order chi connectivity index (χ0) is 26.6. The summed E-state index contributed by atoms with van der Waals surface area (Å²) in [4.78, 5) is 40.8. The van der Waals surface area contributed by atoms with Gasteiger partial charge in [-0.2, -0.15) is 0 Å². The molecule has 0 aliphatic rings. The molecular formula is C29H37N3O4. The number of hydrogen-bond acceptors (Lipinski definition) is 4. The van der Waals surface area contributed by atoms with E-state index >= 15 is 0 Å².